The van der Waals surface area contributed by atoms with Gasteiger partial charge < -0.3 is 19.2 Å². The molecule has 2 aromatic rings. The fourth-order valence-corrected chi connectivity index (χ4v) is 2.60. The van der Waals surface area contributed by atoms with Crippen LogP contribution < -0.4 is 4.74 Å². The molecule has 3 rings (SSSR count). The minimum atomic E-state index is -0.637. The van der Waals surface area contributed by atoms with Crippen LogP contribution in [0, 0.1) is 6.92 Å². The van der Waals surface area contributed by atoms with Crippen molar-refractivity contribution >= 4 is 12.4 Å². The van der Waals surface area contributed by atoms with Gasteiger partial charge in [-0.15, -0.1) is 12.4 Å². The molecule has 1 N–H and O–H groups in total. The molecule has 1 aliphatic heterocycles. The molecule has 1 unspecified atom stereocenters. The zero-order chi connectivity index (χ0) is 15.0. The van der Waals surface area contributed by atoms with Gasteiger partial charge in [-0.05, 0) is 6.92 Å². The summed E-state index contributed by atoms with van der Waals surface area (Å²) in [6.45, 7) is 6.34. The quantitative estimate of drug-likeness (QED) is 0.938. The van der Waals surface area contributed by atoms with E-state index in [1.807, 2.05) is 39.0 Å². The van der Waals surface area contributed by atoms with E-state index in [4.69, 9.17) is 14.2 Å². The van der Waals surface area contributed by atoms with Crippen LogP contribution in [0.1, 0.15) is 42.5 Å². The number of methoxy groups -OCH3 is 1. The van der Waals surface area contributed by atoms with E-state index in [0.29, 0.717) is 6.61 Å². The second-order valence-electron chi connectivity index (χ2n) is 5.65. The number of aromatic nitrogens is 2. The summed E-state index contributed by atoms with van der Waals surface area (Å²) in [4.78, 5) is 7.47. The molecule has 0 saturated carbocycles. The van der Waals surface area contributed by atoms with Gasteiger partial charge in [-0.1, -0.05) is 18.2 Å². The highest BCUT2D eigenvalue weighted by Crippen LogP contribution is 2.40. The number of benzene rings is 1. The van der Waals surface area contributed by atoms with E-state index in [1.165, 1.54) is 0 Å². The van der Waals surface area contributed by atoms with E-state index in [2.05, 4.69) is 9.97 Å². The topological polar surface area (TPSA) is 56.4 Å². The lowest BCUT2D eigenvalue weighted by Gasteiger charge is -2.34. The number of hydrogen-bond acceptors (Lipinski definition) is 4. The maximum atomic E-state index is 6.03. The number of rotatable bonds is 3. The summed E-state index contributed by atoms with van der Waals surface area (Å²) in [5, 5.41) is 0. The lowest BCUT2D eigenvalue weighted by Crippen LogP contribution is -2.36. The molecule has 5 nitrogen and oxygen atoms in total. The van der Waals surface area contributed by atoms with Crippen molar-refractivity contribution < 1.29 is 14.2 Å². The number of para-hydroxylation sites is 1. The van der Waals surface area contributed by atoms with Crippen LogP contribution in [0.3, 0.4) is 0 Å². The lowest BCUT2D eigenvalue weighted by molar-refractivity contribution is -0.181. The van der Waals surface area contributed by atoms with Gasteiger partial charge in [0, 0.05) is 37.8 Å². The first-order valence-corrected chi connectivity index (χ1v) is 6.99. The first-order valence-electron chi connectivity index (χ1n) is 6.99. The van der Waals surface area contributed by atoms with E-state index in [-0.39, 0.29) is 18.5 Å². The fraction of sp³-hybridized carbons (Fsp3) is 0.438. The average molecular weight is 325 g/mol. The summed E-state index contributed by atoms with van der Waals surface area (Å²) in [7, 11) is 1.68. The van der Waals surface area contributed by atoms with Gasteiger partial charge in [0.2, 0.25) is 5.79 Å². The Hall–Kier alpha value is -1.56. The predicted octanol–water partition coefficient (Wildman–Crippen LogP) is 3.52. The first-order chi connectivity index (χ1) is 10.0. The maximum Gasteiger partial charge on any atom is 0.205 e. The molecule has 1 atom stereocenters. The Morgan fingerprint density at radius 1 is 1.36 bits per heavy atom. The molecule has 1 aromatic heterocycles. The summed E-state index contributed by atoms with van der Waals surface area (Å²) in [5.41, 5.74) is 3.87. The molecule has 0 spiro atoms. The Labute approximate surface area is 136 Å². The molecule has 2 heterocycles. The summed E-state index contributed by atoms with van der Waals surface area (Å²) in [5.74, 6) is 0.199. The number of nitrogens with zero attached hydrogens (tertiary/aromatic N) is 1. The van der Waals surface area contributed by atoms with Crippen LogP contribution in [0.25, 0.3) is 0 Å². The third-order valence-corrected chi connectivity index (χ3v) is 3.69. The van der Waals surface area contributed by atoms with Gasteiger partial charge in [0.25, 0.3) is 0 Å². The Bertz CT molecular complexity index is 655. The van der Waals surface area contributed by atoms with Crippen LogP contribution in [-0.4, -0.2) is 22.9 Å². The van der Waals surface area contributed by atoms with Crippen LogP contribution >= 0.6 is 12.4 Å². The molecule has 0 radical (unpaired) electrons. The summed E-state index contributed by atoms with van der Waals surface area (Å²) >= 11 is 0. The highest BCUT2D eigenvalue weighted by atomic mass is 35.5. The molecular weight excluding hydrogens is 304 g/mol. The van der Waals surface area contributed by atoms with Gasteiger partial charge in [0.05, 0.1) is 18.6 Å². The molecule has 0 saturated heterocycles. The van der Waals surface area contributed by atoms with Crippen molar-refractivity contribution in [2.45, 2.75) is 39.3 Å². The summed E-state index contributed by atoms with van der Waals surface area (Å²) in [6.07, 6.45) is 1.42. The van der Waals surface area contributed by atoms with Gasteiger partial charge >= 0.3 is 0 Å². The normalized spacial score (nSPS) is 17.1. The Kier molecular flexibility index (Phi) is 4.80. The zero-order valence-electron chi connectivity index (χ0n) is 13.2. The molecule has 6 heteroatoms. The standard InChI is InChI=1S/C16H20N2O3.ClH/c1-10-13(18-9-17-10)15(19-4)12-7-5-6-11-8-20-16(2,3)21-14(11)12;/h5-7,9,15H,8H2,1-4H3,(H,17,18);1H. The Morgan fingerprint density at radius 3 is 2.77 bits per heavy atom. The molecule has 0 fully saturated rings. The second kappa shape index (κ2) is 6.28. The monoisotopic (exact) mass is 324 g/mol. The number of nitrogens with one attached hydrogen (secondary N) is 1. The molecule has 1 aliphatic rings. The molecule has 0 bridgehead atoms. The van der Waals surface area contributed by atoms with Crippen molar-refractivity contribution in [3.05, 3.63) is 47.0 Å². The zero-order valence-corrected chi connectivity index (χ0v) is 14.0. The minimum absolute atomic E-state index is 0. The highest BCUT2D eigenvalue weighted by molar-refractivity contribution is 5.85. The lowest BCUT2D eigenvalue weighted by atomic mass is 10.00. The van der Waals surface area contributed by atoms with Gasteiger partial charge in [-0.25, -0.2) is 4.98 Å². The van der Waals surface area contributed by atoms with Crippen molar-refractivity contribution in [1.82, 2.24) is 9.97 Å². The van der Waals surface area contributed by atoms with E-state index in [9.17, 15) is 0 Å². The third-order valence-electron chi connectivity index (χ3n) is 3.69. The smallest absolute Gasteiger partial charge is 0.205 e. The maximum absolute atomic E-state index is 6.03. The Morgan fingerprint density at radius 2 is 2.14 bits per heavy atom. The molecule has 0 amide bonds. The van der Waals surface area contributed by atoms with Crippen molar-refractivity contribution in [2.24, 2.45) is 0 Å². The van der Waals surface area contributed by atoms with E-state index < -0.39 is 5.79 Å². The summed E-state index contributed by atoms with van der Waals surface area (Å²) in [6, 6.07) is 6.02. The number of aromatic amines is 1. The molecular formula is C16H21ClN2O3. The van der Waals surface area contributed by atoms with Crippen molar-refractivity contribution in [3.8, 4) is 5.75 Å². The Balaban J connectivity index is 0.00000176. The summed E-state index contributed by atoms with van der Waals surface area (Å²) < 4.78 is 17.4. The van der Waals surface area contributed by atoms with Crippen LogP contribution in [-0.2, 0) is 16.1 Å². The molecule has 22 heavy (non-hydrogen) atoms. The van der Waals surface area contributed by atoms with Crippen LogP contribution in [0.2, 0.25) is 0 Å². The number of halogens is 1. The largest absolute Gasteiger partial charge is 0.462 e. The molecule has 120 valence electrons. The minimum Gasteiger partial charge on any atom is -0.462 e. The number of hydrogen-bond donors (Lipinski definition) is 1. The first kappa shape index (κ1) is 16.8. The number of ether oxygens (including phenoxy) is 3. The fourth-order valence-electron chi connectivity index (χ4n) is 2.60. The second-order valence-corrected chi connectivity index (χ2v) is 5.65. The van der Waals surface area contributed by atoms with Crippen molar-refractivity contribution in [2.75, 3.05) is 7.11 Å². The predicted molar refractivity (Wildman–Crippen MR) is 85.4 cm³/mol. The van der Waals surface area contributed by atoms with Crippen molar-refractivity contribution in [3.63, 3.8) is 0 Å². The third kappa shape index (κ3) is 2.97. The van der Waals surface area contributed by atoms with Gasteiger partial charge in [0.1, 0.15) is 11.9 Å². The van der Waals surface area contributed by atoms with Crippen LogP contribution in [0.15, 0.2) is 24.5 Å². The van der Waals surface area contributed by atoms with Gasteiger partial charge in [0.15, 0.2) is 0 Å². The molecule has 0 aliphatic carbocycles. The van der Waals surface area contributed by atoms with E-state index in [0.717, 1.165) is 28.3 Å². The number of H-pyrrole nitrogens is 1. The molecule has 1 aromatic carbocycles. The average Bonchev–Trinajstić information content (AvgIpc) is 2.86. The number of imidazole rings is 1. The highest BCUT2D eigenvalue weighted by Gasteiger charge is 2.32. The van der Waals surface area contributed by atoms with Crippen LogP contribution in [0.5, 0.6) is 5.75 Å². The van der Waals surface area contributed by atoms with E-state index in [1.54, 1.807) is 13.4 Å². The van der Waals surface area contributed by atoms with Crippen molar-refractivity contribution in [1.29, 1.82) is 0 Å². The van der Waals surface area contributed by atoms with Gasteiger partial charge in [-0.3, -0.25) is 0 Å². The van der Waals surface area contributed by atoms with Crippen LogP contribution in [0.4, 0.5) is 0 Å². The SMILES string of the molecule is COC(c1cccc2c1OC(C)(C)OC2)c1nc[nH]c1C.Cl. The number of aryl methyl sites for hydroxylation is 1. The van der Waals surface area contributed by atoms with Gasteiger partial charge in [-0.2, -0.15) is 0 Å². The van der Waals surface area contributed by atoms with E-state index >= 15 is 0 Å². The number of fused-ring (bicyclic) bond motifs is 1.